The molecule has 1 heterocycles. The van der Waals surface area contributed by atoms with Crippen LogP contribution in [0.5, 0.6) is 0 Å². The lowest BCUT2D eigenvalue weighted by atomic mass is 10.1. The van der Waals surface area contributed by atoms with E-state index in [1.807, 2.05) is 37.3 Å². The maximum Gasteiger partial charge on any atom is 0.272 e. The number of benzene rings is 1. The van der Waals surface area contributed by atoms with Crippen LogP contribution < -0.4 is 5.32 Å². The molecule has 0 saturated carbocycles. The number of hydrogen-bond donors (Lipinski definition) is 1. The number of nitrogens with zero attached hydrogens (tertiary/aromatic N) is 2. The predicted molar refractivity (Wildman–Crippen MR) is 75.1 cm³/mol. The summed E-state index contributed by atoms with van der Waals surface area (Å²) in [6, 6.07) is 9.97. The van der Waals surface area contributed by atoms with E-state index in [-0.39, 0.29) is 5.91 Å². The molecule has 94 valence electrons. The van der Waals surface area contributed by atoms with Crippen molar-refractivity contribution in [2.45, 2.75) is 13.3 Å². The molecule has 1 fully saturated rings. The van der Waals surface area contributed by atoms with Gasteiger partial charge >= 0.3 is 0 Å². The van der Waals surface area contributed by atoms with Crippen LogP contribution in [0.1, 0.15) is 12.5 Å². The first-order chi connectivity index (χ1) is 9.19. The third kappa shape index (κ3) is 3.59. The van der Waals surface area contributed by atoms with Gasteiger partial charge in [0.2, 0.25) is 6.19 Å². The van der Waals surface area contributed by atoms with Gasteiger partial charge in [-0.1, -0.05) is 30.3 Å². The molecule has 1 aliphatic heterocycles. The van der Waals surface area contributed by atoms with E-state index in [4.69, 9.17) is 5.26 Å². The van der Waals surface area contributed by atoms with Crippen molar-refractivity contribution in [1.29, 1.82) is 5.26 Å². The average Bonchev–Trinajstić information content (AvgIpc) is 2.71. The van der Waals surface area contributed by atoms with E-state index < -0.39 is 0 Å². The molecule has 0 aliphatic carbocycles. The molecule has 1 aromatic carbocycles. The maximum absolute atomic E-state index is 11.6. The van der Waals surface area contributed by atoms with E-state index in [2.05, 4.69) is 16.0 Å². The van der Waals surface area contributed by atoms with Gasteiger partial charge in [0, 0.05) is 6.42 Å². The lowest BCUT2D eigenvalue weighted by Gasteiger charge is -1.98. The molecule has 2 rings (SSSR count). The number of rotatable bonds is 2. The molecule has 1 aliphatic rings. The maximum atomic E-state index is 11.6. The predicted octanol–water partition coefficient (Wildman–Crippen LogP) is 2.36. The molecule has 1 amide bonds. The molecule has 4 nitrogen and oxygen atoms in total. The van der Waals surface area contributed by atoms with Gasteiger partial charge in [0.25, 0.3) is 5.91 Å². The van der Waals surface area contributed by atoms with Crippen molar-refractivity contribution in [3.05, 3.63) is 52.1 Å². The summed E-state index contributed by atoms with van der Waals surface area (Å²) < 4.78 is 0. The summed E-state index contributed by atoms with van der Waals surface area (Å²) in [5, 5.41) is 11.3. The fraction of sp³-hybridized carbons (Fsp3) is 0.143. The Morgan fingerprint density at radius 1 is 1.42 bits per heavy atom. The van der Waals surface area contributed by atoms with Gasteiger partial charge in [0.1, 0.15) is 4.91 Å². The van der Waals surface area contributed by atoms with Crippen molar-refractivity contribution in [3.63, 3.8) is 0 Å². The minimum atomic E-state index is -0.258. The standard InChI is InChI=1S/C14H11N3OS/c1-10(7-11-5-3-2-4-6-11)8-12-13(18)17-14(19-12)16-9-15/h2-6H,7H2,1H3,(H,16,17,18). The summed E-state index contributed by atoms with van der Waals surface area (Å²) in [5.41, 5.74) is 5.19. The molecular weight excluding hydrogens is 258 g/mol. The van der Waals surface area contributed by atoms with Crippen molar-refractivity contribution >= 4 is 22.8 Å². The van der Waals surface area contributed by atoms with Crippen molar-refractivity contribution < 1.29 is 4.79 Å². The molecule has 1 saturated heterocycles. The molecule has 5 heteroatoms. The highest BCUT2D eigenvalue weighted by Crippen LogP contribution is 2.23. The van der Waals surface area contributed by atoms with Gasteiger partial charge in [0.15, 0.2) is 5.17 Å². The summed E-state index contributed by atoms with van der Waals surface area (Å²) in [6.07, 6.45) is 2.39. The van der Waals surface area contributed by atoms with E-state index in [1.165, 1.54) is 5.56 Å². The second kappa shape index (κ2) is 6.05. The molecular formula is C14H11N3OS. The van der Waals surface area contributed by atoms with Gasteiger partial charge in [-0.2, -0.15) is 5.26 Å². The highest BCUT2D eigenvalue weighted by atomic mass is 32.2. The molecule has 0 bridgehead atoms. The number of hydrogen-bond acceptors (Lipinski definition) is 4. The first-order valence-corrected chi connectivity index (χ1v) is 6.47. The number of carbonyl (C=O) groups excluding carboxylic acids is 1. The number of nitrogens with one attached hydrogen (secondary N) is 1. The van der Waals surface area contributed by atoms with Crippen molar-refractivity contribution in [2.75, 3.05) is 0 Å². The number of thioether (sulfide) groups is 1. The van der Waals surface area contributed by atoms with Crippen LogP contribution in [0, 0.1) is 11.5 Å². The lowest BCUT2D eigenvalue weighted by molar-refractivity contribution is -0.115. The summed E-state index contributed by atoms with van der Waals surface area (Å²) in [7, 11) is 0. The molecule has 0 atom stereocenters. The van der Waals surface area contributed by atoms with E-state index in [0.717, 1.165) is 23.8 Å². The third-order valence-electron chi connectivity index (χ3n) is 2.42. The van der Waals surface area contributed by atoms with Crippen LogP contribution in [-0.2, 0) is 11.2 Å². The summed E-state index contributed by atoms with van der Waals surface area (Å²) in [5.74, 6) is -0.258. The number of nitriles is 1. The Bertz CT molecular complexity index is 634. The highest BCUT2D eigenvalue weighted by molar-refractivity contribution is 8.18. The van der Waals surface area contributed by atoms with E-state index in [1.54, 1.807) is 6.19 Å². The van der Waals surface area contributed by atoms with Gasteiger partial charge in [-0.15, -0.1) is 10.7 Å². The number of carbonyl (C=O) groups is 1. The zero-order valence-electron chi connectivity index (χ0n) is 10.3. The second-order valence-electron chi connectivity index (χ2n) is 3.97. The topological polar surface area (TPSA) is 65.2 Å². The fourth-order valence-electron chi connectivity index (χ4n) is 1.64. The molecule has 0 radical (unpaired) electrons. The quantitative estimate of drug-likeness (QED) is 0.509. The Hall–Kier alpha value is -2.28. The van der Waals surface area contributed by atoms with Gasteiger partial charge < -0.3 is 0 Å². The van der Waals surface area contributed by atoms with Gasteiger partial charge in [-0.25, -0.2) is 0 Å². The van der Waals surface area contributed by atoms with Crippen LogP contribution in [0.25, 0.3) is 0 Å². The van der Waals surface area contributed by atoms with Crippen LogP contribution in [-0.4, -0.2) is 11.1 Å². The van der Waals surface area contributed by atoms with E-state index >= 15 is 0 Å². The first kappa shape index (κ1) is 13.2. The lowest BCUT2D eigenvalue weighted by Crippen LogP contribution is -2.19. The monoisotopic (exact) mass is 269 g/mol. The Balaban J connectivity index is 2.20. The zero-order chi connectivity index (χ0) is 13.7. The smallest absolute Gasteiger partial charge is 0.272 e. The molecule has 19 heavy (non-hydrogen) atoms. The normalized spacial score (nSPS) is 15.9. The minimum Gasteiger partial charge on any atom is -0.299 e. The number of amides is 1. The van der Waals surface area contributed by atoms with Crippen molar-refractivity contribution in [2.24, 2.45) is 4.99 Å². The largest absolute Gasteiger partial charge is 0.299 e. The highest BCUT2D eigenvalue weighted by Gasteiger charge is 2.23. The molecule has 1 aromatic rings. The molecule has 1 N–H and O–H groups in total. The van der Waals surface area contributed by atoms with Crippen LogP contribution in [0.15, 0.2) is 51.5 Å². The Kier molecular flexibility index (Phi) is 4.19. The van der Waals surface area contributed by atoms with Gasteiger partial charge in [-0.3, -0.25) is 10.1 Å². The summed E-state index contributed by atoms with van der Waals surface area (Å²) in [6.45, 7) is 1.92. The zero-order valence-corrected chi connectivity index (χ0v) is 11.1. The van der Waals surface area contributed by atoms with Crippen LogP contribution in [0.3, 0.4) is 0 Å². The Labute approximate surface area is 115 Å². The second-order valence-corrected chi connectivity index (χ2v) is 4.97. The van der Waals surface area contributed by atoms with E-state index in [9.17, 15) is 4.79 Å². The van der Waals surface area contributed by atoms with Gasteiger partial charge in [-0.05, 0) is 29.8 Å². The van der Waals surface area contributed by atoms with Crippen LogP contribution in [0.4, 0.5) is 0 Å². The first-order valence-electron chi connectivity index (χ1n) is 5.65. The minimum absolute atomic E-state index is 0.258. The van der Waals surface area contributed by atoms with Gasteiger partial charge in [0.05, 0.1) is 0 Å². The Morgan fingerprint density at radius 3 is 2.84 bits per heavy atom. The summed E-state index contributed by atoms with van der Waals surface area (Å²) >= 11 is 1.13. The van der Waals surface area contributed by atoms with E-state index in [0.29, 0.717) is 10.1 Å². The SMILES string of the molecule is CC(=C=C1SC(=NC#N)NC1=O)Cc1ccccc1. The molecule has 0 unspecified atom stereocenters. The number of amidine groups is 1. The average molecular weight is 269 g/mol. The van der Waals surface area contributed by atoms with Crippen molar-refractivity contribution in [3.8, 4) is 6.19 Å². The van der Waals surface area contributed by atoms with Crippen LogP contribution >= 0.6 is 11.8 Å². The summed E-state index contributed by atoms with van der Waals surface area (Å²) in [4.78, 5) is 15.6. The third-order valence-corrected chi connectivity index (χ3v) is 3.29. The van der Waals surface area contributed by atoms with Crippen LogP contribution in [0.2, 0.25) is 0 Å². The molecule has 0 spiro atoms. The Morgan fingerprint density at radius 2 is 2.16 bits per heavy atom. The molecule has 0 aromatic heterocycles. The number of aliphatic imine (C=N–C) groups is 1. The fourth-order valence-corrected chi connectivity index (χ4v) is 2.43. The van der Waals surface area contributed by atoms with Crippen molar-refractivity contribution in [1.82, 2.24) is 5.32 Å².